The zero-order valence-electron chi connectivity index (χ0n) is 10.4. The first-order valence-electron chi connectivity index (χ1n) is 5.96. The van der Waals surface area contributed by atoms with Crippen LogP contribution in [0.2, 0.25) is 0 Å². The van der Waals surface area contributed by atoms with Gasteiger partial charge in [-0.2, -0.15) is 0 Å². The number of hydrogen-bond acceptors (Lipinski definition) is 3. The lowest BCUT2D eigenvalue weighted by atomic mass is 10.2. The van der Waals surface area contributed by atoms with E-state index in [1.807, 2.05) is 42.5 Å². The lowest BCUT2D eigenvalue weighted by Gasteiger charge is -2.21. The highest BCUT2D eigenvalue weighted by Gasteiger charge is 2.12. The molecule has 0 amide bonds. The molecule has 2 rings (SSSR count). The number of aliphatic carboxylic acids is 1. The van der Waals surface area contributed by atoms with Crippen LogP contribution < -0.4 is 0 Å². The first kappa shape index (κ1) is 13.0. The van der Waals surface area contributed by atoms with E-state index in [0.29, 0.717) is 12.5 Å². The Morgan fingerprint density at radius 1 is 1.16 bits per heavy atom. The molecule has 4 heteroatoms. The van der Waals surface area contributed by atoms with Crippen LogP contribution in [-0.2, 0) is 16.1 Å². The highest BCUT2D eigenvalue weighted by Crippen LogP contribution is 2.13. The quantitative estimate of drug-likeness (QED) is 0.880. The molecule has 0 fully saturated rings. The highest BCUT2D eigenvalue weighted by atomic mass is 16.5. The second kappa shape index (κ2) is 6.44. The van der Waals surface area contributed by atoms with Crippen LogP contribution in [0.25, 0.3) is 0 Å². The van der Waals surface area contributed by atoms with Crippen LogP contribution in [0.1, 0.15) is 5.56 Å². The smallest absolute Gasteiger partial charge is 0.323 e. The molecule has 0 unspecified atom stereocenters. The van der Waals surface area contributed by atoms with Crippen LogP contribution in [0.4, 0.5) is 0 Å². The number of rotatable bonds is 5. The van der Waals surface area contributed by atoms with Crippen LogP contribution in [0.15, 0.2) is 66.7 Å². The van der Waals surface area contributed by atoms with Crippen LogP contribution in [-0.4, -0.2) is 22.5 Å². The van der Waals surface area contributed by atoms with Gasteiger partial charge < -0.3 is 14.7 Å². The molecule has 1 aromatic rings. The summed E-state index contributed by atoms with van der Waals surface area (Å²) in [6.07, 6.45) is 8.87. The van der Waals surface area contributed by atoms with E-state index >= 15 is 0 Å². The number of nitrogens with zero attached hydrogens (tertiary/aromatic N) is 1. The summed E-state index contributed by atoms with van der Waals surface area (Å²) in [5.74, 6) is -0.378. The summed E-state index contributed by atoms with van der Waals surface area (Å²) >= 11 is 0. The lowest BCUT2D eigenvalue weighted by Crippen LogP contribution is -2.25. The molecular formula is C15H15NO3. The number of allylic oxidation sites excluding steroid dienone is 4. The first-order valence-corrected chi connectivity index (χ1v) is 5.96. The molecule has 0 radical (unpaired) electrons. The van der Waals surface area contributed by atoms with E-state index in [2.05, 4.69) is 0 Å². The Hall–Kier alpha value is -2.49. The van der Waals surface area contributed by atoms with Gasteiger partial charge in [0.05, 0.1) is 0 Å². The number of hydrogen-bond donors (Lipinski definition) is 1. The van der Waals surface area contributed by atoms with Crippen molar-refractivity contribution in [2.75, 3.05) is 6.54 Å². The zero-order chi connectivity index (χ0) is 13.5. The number of carboxylic acids is 1. The van der Waals surface area contributed by atoms with E-state index in [-0.39, 0.29) is 6.54 Å². The molecule has 1 aliphatic rings. The van der Waals surface area contributed by atoms with Gasteiger partial charge in [-0.15, -0.1) is 0 Å². The minimum Gasteiger partial charge on any atom is -0.480 e. The molecular weight excluding hydrogens is 242 g/mol. The maximum absolute atomic E-state index is 10.8. The van der Waals surface area contributed by atoms with Crippen molar-refractivity contribution in [1.82, 2.24) is 4.90 Å². The number of ether oxygens (including phenoxy) is 1. The number of carbonyl (C=O) groups is 1. The van der Waals surface area contributed by atoms with Gasteiger partial charge >= 0.3 is 5.97 Å². The Morgan fingerprint density at radius 2 is 1.95 bits per heavy atom. The van der Waals surface area contributed by atoms with Gasteiger partial charge in [0.1, 0.15) is 13.2 Å². The largest absolute Gasteiger partial charge is 0.480 e. The summed E-state index contributed by atoms with van der Waals surface area (Å²) in [6, 6.07) is 9.75. The van der Waals surface area contributed by atoms with Crippen molar-refractivity contribution in [3.63, 3.8) is 0 Å². The lowest BCUT2D eigenvalue weighted by molar-refractivity contribution is -0.137. The van der Waals surface area contributed by atoms with Gasteiger partial charge in [0.2, 0.25) is 0 Å². The van der Waals surface area contributed by atoms with Crippen molar-refractivity contribution >= 4 is 5.97 Å². The second-order valence-electron chi connectivity index (χ2n) is 4.03. The molecule has 0 saturated carbocycles. The standard InChI is InChI=1S/C15H15NO3/c17-15(18)11-16-10-6-2-5-9-14(16)19-12-13-7-3-1-4-8-13/h1-10H,11-12H2,(H,17,18). The minimum absolute atomic E-state index is 0.126. The molecule has 0 atom stereocenters. The van der Waals surface area contributed by atoms with Crippen molar-refractivity contribution in [3.05, 3.63) is 72.3 Å². The Labute approximate surface area is 111 Å². The molecule has 1 aromatic carbocycles. The second-order valence-corrected chi connectivity index (χ2v) is 4.03. The van der Waals surface area contributed by atoms with Gasteiger partial charge in [-0.1, -0.05) is 42.5 Å². The molecule has 0 bridgehead atoms. The minimum atomic E-state index is -0.902. The summed E-state index contributed by atoms with van der Waals surface area (Å²) in [6.45, 7) is 0.281. The Balaban J connectivity index is 2.03. The third-order valence-electron chi connectivity index (χ3n) is 2.55. The van der Waals surface area contributed by atoms with E-state index in [1.54, 1.807) is 23.3 Å². The molecule has 19 heavy (non-hydrogen) atoms. The number of benzene rings is 1. The maximum Gasteiger partial charge on any atom is 0.323 e. The average Bonchev–Trinajstić information content (AvgIpc) is 2.62. The Kier molecular flexibility index (Phi) is 4.39. The molecule has 98 valence electrons. The summed E-state index contributed by atoms with van der Waals surface area (Å²) < 4.78 is 5.68. The van der Waals surface area contributed by atoms with Gasteiger partial charge in [0.25, 0.3) is 0 Å². The third kappa shape index (κ3) is 4.03. The predicted octanol–water partition coefficient (Wildman–Crippen LogP) is 2.51. The normalized spacial score (nSPS) is 13.9. The molecule has 1 heterocycles. The Morgan fingerprint density at radius 3 is 2.68 bits per heavy atom. The van der Waals surface area contributed by atoms with Crippen molar-refractivity contribution in [3.8, 4) is 0 Å². The predicted molar refractivity (Wildman–Crippen MR) is 71.9 cm³/mol. The van der Waals surface area contributed by atoms with Crippen molar-refractivity contribution in [2.24, 2.45) is 0 Å². The zero-order valence-corrected chi connectivity index (χ0v) is 10.4. The molecule has 4 nitrogen and oxygen atoms in total. The van der Waals surface area contributed by atoms with E-state index < -0.39 is 5.97 Å². The van der Waals surface area contributed by atoms with Crippen molar-refractivity contribution in [2.45, 2.75) is 6.61 Å². The summed E-state index contributed by atoms with van der Waals surface area (Å²) in [5, 5.41) is 8.88. The van der Waals surface area contributed by atoms with E-state index in [1.165, 1.54) is 0 Å². The van der Waals surface area contributed by atoms with Gasteiger partial charge in [0.15, 0.2) is 5.88 Å². The van der Waals surface area contributed by atoms with Crippen molar-refractivity contribution in [1.29, 1.82) is 0 Å². The fourth-order valence-corrected chi connectivity index (χ4v) is 1.66. The SMILES string of the molecule is O=C(O)CN1C=CC=CC=C1OCc1ccccc1. The summed E-state index contributed by atoms with van der Waals surface area (Å²) in [7, 11) is 0. The highest BCUT2D eigenvalue weighted by molar-refractivity contribution is 5.69. The van der Waals surface area contributed by atoms with Crippen LogP contribution in [0.5, 0.6) is 0 Å². The molecule has 1 N–H and O–H groups in total. The van der Waals surface area contributed by atoms with Crippen LogP contribution in [0.3, 0.4) is 0 Å². The van der Waals surface area contributed by atoms with Crippen molar-refractivity contribution < 1.29 is 14.6 Å². The van der Waals surface area contributed by atoms with Gasteiger partial charge in [-0.3, -0.25) is 4.79 Å². The monoisotopic (exact) mass is 257 g/mol. The molecule has 1 aliphatic heterocycles. The van der Waals surface area contributed by atoms with E-state index in [4.69, 9.17) is 9.84 Å². The third-order valence-corrected chi connectivity index (χ3v) is 2.55. The molecule has 0 aliphatic carbocycles. The van der Waals surface area contributed by atoms with Crippen LogP contribution >= 0.6 is 0 Å². The first-order chi connectivity index (χ1) is 9.25. The Bertz CT molecular complexity index is 517. The van der Waals surface area contributed by atoms with Gasteiger partial charge in [0, 0.05) is 6.20 Å². The van der Waals surface area contributed by atoms with E-state index in [0.717, 1.165) is 5.56 Å². The molecule has 0 spiro atoms. The van der Waals surface area contributed by atoms with Gasteiger partial charge in [-0.25, -0.2) is 0 Å². The van der Waals surface area contributed by atoms with E-state index in [9.17, 15) is 4.79 Å². The summed E-state index contributed by atoms with van der Waals surface area (Å²) in [4.78, 5) is 12.4. The maximum atomic E-state index is 10.8. The summed E-state index contributed by atoms with van der Waals surface area (Å²) in [5.41, 5.74) is 1.04. The molecule has 0 aromatic heterocycles. The van der Waals surface area contributed by atoms with Crippen LogP contribution in [0, 0.1) is 0 Å². The average molecular weight is 257 g/mol. The van der Waals surface area contributed by atoms with Gasteiger partial charge in [-0.05, 0) is 17.7 Å². The fraction of sp³-hybridized carbons (Fsp3) is 0.133. The number of carboxylic acid groups (broad SMARTS) is 1. The molecule has 0 saturated heterocycles. The topological polar surface area (TPSA) is 49.8 Å². The fourth-order valence-electron chi connectivity index (χ4n) is 1.66.